The lowest BCUT2D eigenvalue weighted by Crippen LogP contribution is -2.13. The summed E-state index contributed by atoms with van der Waals surface area (Å²) in [5.41, 5.74) is -0.00962. The molecule has 0 aromatic heterocycles. The normalized spacial score (nSPS) is 12.5. The molecule has 0 bridgehead atoms. The molecule has 0 amide bonds. The zero-order chi connectivity index (χ0) is 20.7. The molecule has 3 rings (SSSR count). The maximum atomic E-state index is 13.8. The van der Waals surface area contributed by atoms with E-state index in [0.29, 0.717) is 11.3 Å². The number of methoxy groups -OCH3 is 1. The molecule has 0 saturated heterocycles. The topological polar surface area (TPSA) is 9.23 Å². The summed E-state index contributed by atoms with van der Waals surface area (Å²) in [6.07, 6.45) is -1.86. The van der Waals surface area contributed by atoms with Gasteiger partial charge in [-0.3, -0.25) is 0 Å². The summed E-state index contributed by atoms with van der Waals surface area (Å²) in [6.45, 7) is 0. The molecule has 0 atom stereocenters. The van der Waals surface area contributed by atoms with Gasteiger partial charge in [0.15, 0.2) is 9.79 Å². The van der Waals surface area contributed by atoms with Gasteiger partial charge in [0, 0.05) is 0 Å². The van der Waals surface area contributed by atoms with Crippen molar-refractivity contribution in [1.29, 1.82) is 0 Å². The first-order valence-electron chi connectivity index (χ1n) is 8.92. The Morgan fingerprint density at radius 3 is 1.76 bits per heavy atom. The van der Waals surface area contributed by atoms with E-state index >= 15 is 0 Å². The van der Waals surface area contributed by atoms with Crippen molar-refractivity contribution < 1.29 is 17.9 Å². The van der Waals surface area contributed by atoms with Crippen molar-refractivity contribution in [2.45, 2.75) is 16.0 Å². The molecule has 0 unspecified atom stereocenters. The average molecular weight is 413 g/mol. The lowest BCUT2D eigenvalue weighted by Gasteiger charge is -2.09. The number of benzene rings is 3. The van der Waals surface area contributed by atoms with E-state index in [4.69, 9.17) is 4.74 Å². The highest BCUT2D eigenvalue weighted by Gasteiger charge is 2.36. The molecule has 1 nitrogen and oxygen atoms in total. The highest BCUT2D eigenvalue weighted by Crippen LogP contribution is 2.33. The van der Waals surface area contributed by atoms with Gasteiger partial charge in [0.1, 0.15) is 16.7 Å². The number of hydrogen-bond acceptors (Lipinski definition) is 1. The Morgan fingerprint density at radius 2 is 1.31 bits per heavy atom. The molecule has 0 aliphatic carbocycles. The number of allylic oxidation sites excluding steroid dienone is 2. The second-order valence-corrected chi connectivity index (χ2v) is 8.00. The third kappa shape index (κ3) is 5.78. The molecule has 0 spiro atoms. The quantitative estimate of drug-likeness (QED) is 0.316. The summed E-state index contributed by atoms with van der Waals surface area (Å²) in [5, 5.41) is 1.31. The van der Waals surface area contributed by atoms with E-state index in [1.54, 1.807) is 31.4 Å². The van der Waals surface area contributed by atoms with Gasteiger partial charge in [-0.1, -0.05) is 54.6 Å². The summed E-state index contributed by atoms with van der Waals surface area (Å²) in [5.74, 6) is 0.656. The van der Waals surface area contributed by atoms with Gasteiger partial charge in [-0.15, -0.1) is 0 Å². The van der Waals surface area contributed by atoms with Gasteiger partial charge in [0.2, 0.25) is 0 Å². The molecule has 0 heterocycles. The van der Waals surface area contributed by atoms with E-state index < -0.39 is 22.6 Å². The lowest BCUT2D eigenvalue weighted by molar-refractivity contribution is -0.0879. The second kappa shape index (κ2) is 9.52. The first-order chi connectivity index (χ1) is 14.0. The van der Waals surface area contributed by atoms with Crippen molar-refractivity contribution in [3.63, 3.8) is 0 Å². The Balaban J connectivity index is 2.01. The highest BCUT2D eigenvalue weighted by molar-refractivity contribution is 7.99. The first kappa shape index (κ1) is 20.8. The predicted octanol–water partition coefficient (Wildman–Crippen LogP) is 6.89. The van der Waals surface area contributed by atoms with Gasteiger partial charge < -0.3 is 4.74 Å². The first-order valence-corrected chi connectivity index (χ1v) is 10.2. The number of rotatable bonds is 6. The van der Waals surface area contributed by atoms with Crippen LogP contribution < -0.4 is 4.74 Å². The van der Waals surface area contributed by atoms with Crippen LogP contribution in [0, 0.1) is 0 Å². The molecule has 3 aromatic rings. The smallest absolute Gasteiger partial charge is 0.420 e. The summed E-state index contributed by atoms with van der Waals surface area (Å²) >= 11 is 0. The third-order valence-corrected chi connectivity index (χ3v) is 6.19. The predicted molar refractivity (Wildman–Crippen MR) is 113 cm³/mol. The van der Waals surface area contributed by atoms with Gasteiger partial charge in [-0.25, -0.2) is 0 Å². The van der Waals surface area contributed by atoms with Crippen LogP contribution in [0.15, 0.2) is 112 Å². The van der Waals surface area contributed by atoms with Crippen LogP contribution in [0.4, 0.5) is 13.2 Å². The van der Waals surface area contributed by atoms with Crippen molar-refractivity contribution >= 4 is 17.0 Å². The lowest BCUT2D eigenvalue weighted by atomic mass is 10.1. The molecule has 0 fully saturated rings. The van der Waals surface area contributed by atoms with Crippen LogP contribution in [-0.2, 0) is 10.9 Å². The summed E-state index contributed by atoms with van der Waals surface area (Å²) in [7, 11) is 0.701. The molecular formula is C24H20F3OS+. The number of ether oxygens (including phenoxy) is 1. The van der Waals surface area contributed by atoms with Gasteiger partial charge in [-0.2, -0.15) is 13.2 Å². The van der Waals surface area contributed by atoms with E-state index in [2.05, 4.69) is 0 Å². The highest BCUT2D eigenvalue weighted by atomic mass is 32.2. The van der Waals surface area contributed by atoms with Gasteiger partial charge in [0.05, 0.1) is 18.0 Å². The molecule has 0 aliphatic heterocycles. The fourth-order valence-electron chi connectivity index (χ4n) is 2.63. The minimum Gasteiger partial charge on any atom is -0.497 e. The Morgan fingerprint density at radius 1 is 0.793 bits per heavy atom. The Bertz CT molecular complexity index is 923. The second-order valence-electron chi connectivity index (χ2n) is 6.14. The van der Waals surface area contributed by atoms with Crippen molar-refractivity contribution in [3.8, 4) is 5.75 Å². The van der Waals surface area contributed by atoms with E-state index in [9.17, 15) is 13.2 Å². The Labute approximate surface area is 171 Å². The number of alkyl halides is 3. The van der Waals surface area contributed by atoms with Gasteiger partial charge in [-0.05, 0) is 48.0 Å². The van der Waals surface area contributed by atoms with Gasteiger partial charge in [0.25, 0.3) is 0 Å². The monoisotopic (exact) mass is 413 g/mol. The summed E-state index contributed by atoms with van der Waals surface area (Å²) in [6, 6.07) is 25.4. The molecule has 0 aliphatic rings. The minimum absolute atomic E-state index is 0.656. The maximum Gasteiger partial charge on any atom is 0.420 e. The molecule has 0 saturated carbocycles. The maximum absolute atomic E-state index is 13.8. The minimum atomic E-state index is -4.46. The van der Waals surface area contributed by atoms with Crippen LogP contribution >= 0.6 is 0 Å². The van der Waals surface area contributed by atoms with Crippen molar-refractivity contribution in [2.24, 2.45) is 0 Å². The van der Waals surface area contributed by atoms with E-state index in [0.717, 1.165) is 15.9 Å². The summed E-state index contributed by atoms with van der Waals surface area (Å²) in [4.78, 5) is 1.66. The van der Waals surface area contributed by atoms with Gasteiger partial charge >= 0.3 is 6.18 Å². The van der Waals surface area contributed by atoms with Crippen molar-refractivity contribution in [3.05, 3.63) is 108 Å². The van der Waals surface area contributed by atoms with E-state index in [1.807, 2.05) is 60.7 Å². The summed E-state index contributed by atoms with van der Waals surface area (Å²) < 4.78 is 46.5. The molecule has 5 heteroatoms. The van der Waals surface area contributed by atoms with Crippen LogP contribution in [0.5, 0.6) is 5.75 Å². The largest absolute Gasteiger partial charge is 0.497 e. The fraction of sp³-hybridized carbons (Fsp3) is 0.0833. The SMILES string of the molecule is COc1ccc(/C=C/C(=C\[S+](c2ccccc2)c2ccccc2)C(F)(F)F)cc1. The molecule has 0 radical (unpaired) electrons. The third-order valence-electron chi connectivity index (χ3n) is 4.14. The number of halogens is 3. The standard InChI is InChI=1S/C24H20F3OS/c1-28-21-16-13-19(14-17-21)12-15-20(24(25,26)27)18-29(22-8-4-2-5-9-22)23-10-6-3-7-11-23/h2-18H,1H3/q+1/b15-12+,20-18+. The van der Waals surface area contributed by atoms with E-state index in [-0.39, 0.29) is 0 Å². The Hall–Kier alpha value is -2.92. The molecular weight excluding hydrogens is 393 g/mol. The zero-order valence-corrected chi connectivity index (χ0v) is 16.6. The molecule has 29 heavy (non-hydrogen) atoms. The average Bonchev–Trinajstić information content (AvgIpc) is 2.74. The van der Waals surface area contributed by atoms with Crippen molar-refractivity contribution in [1.82, 2.24) is 0 Å². The Kier molecular flexibility index (Phi) is 6.83. The van der Waals surface area contributed by atoms with Crippen LogP contribution in [0.25, 0.3) is 6.08 Å². The molecule has 148 valence electrons. The van der Waals surface area contributed by atoms with Crippen molar-refractivity contribution in [2.75, 3.05) is 7.11 Å². The van der Waals surface area contributed by atoms with Crippen LogP contribution in [0.3, 0.4) is 0 Å². The molecule has 0 N–H and O–H groups in total. The van der Waals surface area contributed by atoms with Crippen LogP contribution in [0.2, 0.25) is 0 Å². The number of hydrogen-bond donors (Lipinski definition) is 0. The van der Waals surface area contributed by atoms with Crippen LogP contribution in [-0.4, -0.2) is 13.3 Å². The van der Waals surface area contributed by atoms with Crippen LogP contribution in [0.1, 0.15) is 5.56 Å². The van der Waals surface area contributed by atoms with E-state index in [1.165, 1.54) is 11.5 Å². The zero-order valence-electron chi connectivity index (χ0n) is 15.8. The fourth-order valence-corrected chi connectivity index (χ4v) is 4.55. The molecule has 3 aromatic carbocycles.